The molecule has 0 fully saturated rings. The standard InChI is InChI=1S/C19H17N3O4/c1-11-12(2)19(26-18(11)24)25-10-16(17(23)21-3)22-9-13(8-20)14-6-4-5-7-15(14)22/h4-7,9-10,19H,1-3H3,(H,21,23)/b16-10-. The molecule has 132 valence electrons. The average molecular weight is 351 g/mol. The van der Waals surface area contributed by atoms with Crippen LogP contribution in [-0.2, 0) is 19.1 Å². The van der Waals surface area contributed by atoms with Crippen LogP contribution >= 0.6 is 0 Å². The Morgan fingerprint density at radius 2 is 2.12 bits per heavy atom. The highest BCUT2D eigenvalue weighted by Crippen LogP contribution is 2.26. The molecule has 1 aromatic heterocycles. The summed E-state index contributed by atoms with van der Waals surface area (Å²) in [5.41, 5.74) is 2.43. The second-order valence-corrected chi connectivity index (χ2v) is 5.81. The van der Waals surface area contributed by atoms with Crippen molar-refractivity contribution in [1.82, 2.24) is 9.88 Å². The van der Waals surface area contributed by atoms with Crippen LogP contribution in [0.25, 0.3) is 16.6 Å². The normalized spacial score (nSPS) is 17.2. The minimum Gasteiger partial charge on any atom is -0.456 e. The molecule has 1 aromatic carbocycles. The molecule has 0 radical (unpaired) electrons. The summed E-state index contributed by atoms with van der Waals surface area (Å²) in [6, 6.07) is 9.37. The van der Waals surface area contributed by atoms with Gasteiger partial charge in [0.05, 0.1) is 11.1 Å². The van der Waals surface area contributed by atoms with Gasteiger partial charge in [-0.3, -0.25) is 4.79 Å². The second-order valence-electron chi connectivity index (χ2n) is 5.81. The van der Waals surface area contributed by atoms with Crippen LogP contribution in [-0.4, -0.2) is 29.8 Å². The van der Waals surface area contributed by atoms with Crippen LogP contribution in [0.3, 0.4) is 0 Å². The molecule has 1 unspecified atom stereocenters. The Balaban J connectivity index is 2.05. The minimum absolute atomic E-state index is 0.165. The fraction of sp³-hybridized carbons (Fsp3) is 0.211. The van der Waals surface area contributed by atoms with Gasteiger partial charge in [-0.05, 0) is 19.9 Å². The summed E-state index contributed by atoms with van der Waals surface area (Å²) in [4.78, 5) is 24.0. The molecular formula is C19H17N3O4. The molecule has 0 spiro atoms. The lowest BCUT2D eigenvalue weighted by molar-refractivity contribution is -0.152. The van der Waals surface area contributed by atoms with Crippen molar-refractivity contribution < 1.29 is 19.1 Å². The van der Waals surface area contributed by atoms with E-state index in [9.17, 15) is 14.9 Å². The third-order valence-corrected chi connectivity index (χ3v) is 4.32. The molecule has 2 heterocycles. The van der Waals surface area contributed by atoms with Crippen LogP contribution in [0, 0.1) is 11.3 Å². The van der Waals surface area contributed by atoms with E-state index in [0.717, 1.165) is 5.39 Å². The van der Waals surface area contributed by atoms with Gasteiger partial charge in [-0.15, -0.1) is 0 Å². The number of esters is 1. The van der Waals surface area contributed by atoms with Gasteiger partial charge in [-0.1, -0.05) is 18.2 Å². The van der Waals surface area contributed by atoms with Gasteiger partial charge in [0.1, 0.15) is 18.0 Å². The molecule has 0 bridgehead atoms. The first-order valence-electron chi connectivity index (χ1n) is 7.94. The van der Waals surface area contributed by atoms with Crippen molar-refractivity contribution in [2.45, 2.75) is 20.1 Å². The first-order chi connectivity index (χ1) is 12.5. The highest BCUT2D eigenvalue weighted by molar-refractivity contribution is 6.15. The molecular weight excluding hydrogens is 334 g/mol. The summed E-state index contributed by atoms with van der Waals surface area (Å²) in [5.74, 6) is -0.849. The number of hydrogen-bond acceptors (Lipinski definition) is 5. The van der Waals surface area contributed by atoms with Crippen molar-refractivity contribution >= 4 is 28.5 Å². The first-order valence-corrected chi connectivity index (χ1v) is 7.94. The zero-order valence-electron chi connectivity index (χ0n) is 14.6. The number of cyclic esters (lactones) is 1. The van der Waals surface area contributed by atoms with Gasteiger partial charge in [-0.2, -0.15) is 5.26 Å². The van der Waals surface area contributed by atoms with E-state index < -0.39 is 18.2 Å². The fourth-order valence-corrected chi connectivity index (χ4v) is 2.68. The lowest BCUT2D eigenvalue weighted by atomic mass is 10.2. The third-order valence-electron chi connectivity index (χ3n) is 4.32. The number of nitrogens with zero attached hydrogens (tertiary/aromatic N) is 2. The number of fused-ring (bicyclic) bond motifs is 1. The monoisotopic (exact) mass is 351 g/mol. The molecule has 0 saturated heterocycles. The van der Waals surface area contributed by atoms with E-state index in [1.165, 1.54) is 13.3 Å². The predicted octanol–water partition coefficient (Wildman–Crippen LogP) is 2.29. The summed E-state index contributed by atoms with van der Waals surface area (Å²) in [6.07, 6.45) is 1.94. The summed E-state index contributed by atoms with van der Waals surface area (Å²) >= 11 is 0. The summed E-state index contributed by atoms with van der Waals surface area (Å²) < 4.78 is 12.3. The summed E-state index contributed by atoms with van der Waals surface area (Å²) in [5, 5.41) is 12.6. The van der Waals surface area contributed by atoms with Gasteiger partial charge in [0.2, 0.25) is 0 Å². The summed E-state index contributed by atoms with van der Waals surface area (Å²) in [6.45, 7) is 3.39. The van der Waals surface area contributed by atoms with Gasteiger partial charge in [0, 0.05) is 29.8 Å². The first kappa shape index (κ1) is 17.3. The van der Waals surface area contributed by atoms with E-state index in [0.29, 0.717) is 22.2 Å². The van der Waals surface area contributed by atoms with Crippen LogP contribution < -0.4 is 5.32 Å². The molecule has 0 saturated carbocycles. The summed E-state index contributed by atoms with van der Waals surface area (Å²) in [7, 11) is 1.50. The Labute approximate surface area is 150 Å². The number of nitriles is 1. The largest absolute Gasteiger partial charge is 0.456 e. The third kappa shape index (κ3) is 2.82. The minimum atomic E-state index is -0.876. The average Bonchev–Trinajstić information content (AvgIpc) is 3.15. The number of hydrogen-bond donors (Lipinski definition) is 1. The van der Waals surface area contributed by atoms with Crippen molar-refractivity contribution in [3.05, 3.63) is 53.4 Å². The predicted molar refractivity (Wildman–Crippen MR) is 94.3 cm³/mol. The Bertz CT molecular complexity index is 1010. The second kappa shape index (κ2) is 6.76. The highest BCUT2D eigenvalue weighted by atomic mass is 16.7. The highest BCUT2D eigenvalue weighted by Gasteiger charge is 2.29. The van der Waals surface area contributed by atoms with Crippen LogP contribution in [0.1, 0.15) is 19.4 Å². The molecule has 7 nitrogen and oxygen atoms in total. The van der Waals surface area contributed by atoms with Gasteiger partial charge in [-0.25, -0.2) is 4.79 Å². The van der Waals surface area contributed by atoms with Crippen LogP contribution in [0.5, 0.6) is 0 Å². The van der Waals surface area contributed by atoms with Crippen LogP contribution in [0.2, 0.25) is 0 Å². The maximum atomic E-state index is 12.4. The van der Waals surface area contributed by atoms with Crippen molar-refractivity contribution in [2.75, 3.05) is 7.05 Å². The Morgan fingerprint density at radius 1 is 1.38 bits per heavy atom. The smallest absolute Gasteiger partial charge is 0.337 e. The quantitative estimate of drug-likeness (QED) is 0.518. The molecule has 7 heteroatoms. The number of ether oxygens (including phenoxy) is 2. The Kier molecular flexibility index (Phi) is 4.50. The molecule has 3 rings (SSSR count). The number of likely N-dealkylation sites (N-methyl/N-ethyl adjacent to an activating group) is 1. The molecule has 1 amide bonds. The van der Waals surface area contributed by atoms with Crippen molar-refractivity contribution in [1.29, 1.82) is 5.26 Å². The number of carbonyl (C=O) groups is 2. The van der Waals surface area contributed by atoms with Crippen molar-refractivity contribution in [2.24, 2.45) is 0 Å². The fourth-order valence-electron chi connectivity index (χ4n) is 2.68. The van der Waals surface area contributed by atoms with Crippen molar-refractivity contribution in [3.63, 3.8) is 0 Å². The number of rotatable bonds is 4. The Morgan fingerprint density at radius 3 is 2.73 bits per heavy atom. The van der Waals surface area contributed by atoms with E-state index in [1.807, 2.05) is 18.2 Å². The number of carbonyl (C=O) groups excluding carboxylic acids is 2. The van der Waals surface area contributed by atoms with E-state index in [2.05, 4.69) is 11.4 Å². The van der Waals surface area contributed by atoms with Gasteiger partial charge in [0.15, 0.2) is 0 Å². The van der Waals surface area contributed by atoms with Crippen LogP contribution in [0.15, 0.2) is 47.9 Å². The number of amides is 1. The molecule has 26 heavy (non-hydrogen) atoms. The molecule has 1 atom stereocenters. The van der Waals surface area contributed by atoms with E-state index in [1.54, 1.807) is 30.7 Å². The van der Waals surface area contributed by atoms with E-state index >= 15 is 0 Å². The van der Waals surface area contributed by atoms with Gasteiger partial charge >= 0.3 is 5.97 Å². The maximum absolute atomic E-state index is 12.4. The Hall–Kier alpha value is -3.53. The van der Waals surface area contributed by atoms with E-state index in [4.69, 9.17) is 9.47 Å². The van der Waals surface area contributed by atoms with Crippen molar-refractivity contribution in [3.8, 4) is 6.07 Å². The molecule has 2 aromatic rings. The lowest BCUT2D eigenvalue weighted by Gasteiger charge is -2.14. The number of aromatic nitrogens is 1. The number of nitrogens with one attached hydrogen (secondary N) is 1. The molecule has 1 aliphatic rings. The zero-order valence-corrected chi connectivity index (χ0v) is 14.6. The maximum Gasteiger partial charge on any atom is 0.337 e. The molecule has 0 aliphatic carbocycles. The SMILES string of the molecule is CNC(=O)/C(=C/OC1OC(=O)C(C)=C1C)n1cc(C#N)c2ccccc21. The van der Waals surface area contributed by atoms with E-state index in [-0.39, 0.29) is 5.70 Å². The van der Waals surface area contributed by atoms with Gasteiger partial charge < -0.3 is 19.4 Å². The van der Waals surface area contributed by atoms with Gasteiger partial charge in [0.25, 0.3) is 12.2 Å². The van der Waals surface area contributed by atoms with Crippen LogP contribution in [0.4, 0.5) is 0 Å². The lowest BCUT2D eigenvalue weighted by Crippen LogP contribution is -2.23. The topological polar surface area (TPSA) is 93.3 Å². The zero-order chi connectivity index (χ0) is 18.8. The molecule has 1 N–H and O–H groups in total. The molecule has 1 aliphatic heterocycles. The number of benzene rings is 1. The number of para-hydroxylation sites is 1.